The van der Waals surface area contributed by atoms with Gasteiger partial charge in [0.25, 0.3) is 5.91 Å². The van der Waals surface area contributed by atoms with Gasteiger partial charge in [-0.2, -0.15) is 0 Å². The van der Waals surface area contributed by atoms with Crippen molar-refractivity contribution in [2.75, 3.05) is 26.2 Å². The Morgan fingerprint density at radius 2 is 1.95 bits per heavy atom. The molecule has 2 aromatic rings. The van der Waals surface area contributed by atoms with Gasteiger partial charge in [-0.05, 0) is 18.2 Å². The van der Waals surface area contributed by atoms with Gasteiger partial charge in [-0.3, -0.25) is 4.79 Å². The maximum atomic E-state index is 12.3. The maximum absolute atomic E-state index is 12.3. The Balaban J connectivity index is 1.70. The second-order valence-corrected chi connectivity index (χ2v) is 5.37. The normalized spacial score (nSPS) is 14.7. The monoisotopic (exact) mass is 317 g/mol. The van der Waals surface area contributed by atoms with Crippen LogP contribution in [0.25, 0.3) is 0 Å². The smallest absolute Gasteiger partial charge is 0.255 e. The Labute approximate surface area is 133 Å². The first-order valence-corrected chi connectivity index (χ1v) is 7.50. The summed E-state index contributed by atoms with van der Waals surface area (Å²) < 4.78 is 5.61. The van der Waals surface area contributed by atoms with E-state index in [2.05, 4.69) is 10.3 Å². The molecule has 0 radical (unpaired) electrons. The molecule has 1 aliphatic heterocycles. The summed E-state index contributed by atoms with van der Waals surface area (Å²) in [6, 6.07) is 10.6. The molecule has 0 unspecified atom stereocenters. The number of hydrogen-bond donors (Lipinski definition) is 1. The van der Waals surface area contributed by atoms with E-state index in [1.807, 2.05) is 17.0 Å². The Hall–Kier alpha value is -2.11. The van der Waals surface area contributed by atoms with E-state index in [4.69, 9.17) is 16.3 Å². The van der Waals surface area contributed by atoms with E-state index < -0.39 is 0 Å². The van der Waals surface area contributed by atoms with Crippen molar-refractivity contribution in [3.63, 3.8) is 0 Å². The number of para-hydroxylation sites is 1. The number of nitrogens with zero attached hydrogens (tertiary/aromatic N) is 2. The molecule has 5 nitrogen and oxygen atoms in total. The number of hydrogen-bond acceptors (Lipinski definition) is 4. The van der Waals surface area contributed by atoms with Gasteiger partial charge in [0.15, 0.2) is 0 Å². The summed E-state index contributed by atoms with van der Waals surface area (Å²) in [6.07, 6.45) is 1.54. The minimum atomic E-state index is -0.00158. The summed E-state index contributed by atoms with van der Waals surface area (Å²) in [5, 5.41) is 3.74. The fourth-order valence-corrected chi connectivity index (χ4v) is 2.43. The van der Waals surface area contributed by atoms with Crippen LogP contribution >= 0.6 is 11.6 Å². The lowest BCUT2D eigenvalue weighted by Crippen LogP contribution is -2.46. The summed E-state index contributed by atoms with van der Waals surface area (Å²) in [5.74, 6) is 0.945. The highest BCUT2D eigenvalue weighted by Gasteiger charge is 2.18. The number of aromatic nitrogens is 1. The van der Waals surface area contributed by atoms with E-state index in [9.17, 15) is 4.79 Å². The number of ether oxygens (including phenoxy) is 1. The van der Waals surface area contributed by atoms with E-state index in [0.717, 1.165) is 26.2 Å². The van der Waals surface area contributed by atoms with E-state index in [0.29, 0.717) is 22.2 Å². The minimum absolute atomic E-state index is 0.00158. The molecule has 1 N–H and O–H groups in total. The number of benzene rings is 1. The van der Waals surface area contributed by atoms with Crippen LogP contribution < -0.4 is 10.1 Å². The van der Waals surface area contributed by atoms with Crippen LogP contribution in [0.4, 0.5) is 0 Å². The highest BCUT2D eigenvalue weighted by molar-refractivity contribution is 6.32. The van der Waals surface area contributed by atoms with Crippen molar-refractivity contribution in [2.45, 2.75) is 0 Å². The summed E-state index contributed by atoms with van der Waals surface area (Å²) in [5.41, 5.74) is 0.563. The van der Waals surface area contributed by atoms with Crippen LogP contribution in [-0.2, 0) is 0 Å². The molecule has 1 saturated heterocycles. The second-order valence-electron chi connectivity index (χ2n) is 4.96. The molecular weight excluding hydrogens is 302 g/mol. The Kier molecular flexibility index (Phi) is 4.56. The highest BCUT2D eigenvalue weighted by Crippen LogP contribution is 2.27. The van der Waals surface area contributed by atoms with Crippen molar-refractivity contribution in [1.29, 1.82) is 0 Å². The SMILES string of the molecule is O=C(c1ccc(Oc2ccccc2Cl)nc1)N1CCNCC1. The average molecular weight is 318 g/mol. The zero-order valence-electron chi connectivity index (χ0n) is 12.0. The Bertz CT molecular complexity index is 655. The van der Waals surface area contributed by atoms with E-state index in [1.54, 1.807) is 24.3 Å². The molecule has 22 heavy (non-hydrogen) atoms. The zero-order valence-corrected chi connectivity index (χ0v) is 12.7. The molecule has 1 fully saturated rings. The number of amides is 1. The number of nitrogens with one attached hydrogen (secondary N) is 1. The molecule has 0 bridgehead atoms. The van der Waals surface area contributed by atoms with Gasteiger partial charge in [-0.15, -0.1) is 0 Å². The third kappa shape index (κ3) is 3.37. The lowest BCUT2D eigenvalue weighted by Gasteiger charge is -2.27. The third-order valence-corrected chi connectivity index (χ3v) is 3.75. The summed E-state index contributed by atoms with van der Waals surface area (Å²) >= 11 is 6.04. The van der Waals surface area contributed by atoms with Crippen LogP contribution in [0.2, 0.25) is 5.02 Å². The molecule has 2 heterocycles. The number of carbonyl (C=O) groups is 1. The molecule has 3 rings (SSSR count). The van der Waals surface area contributed by atoms with Crippen LogP contribution in [0.1, 0.15) is 10.4 Å². The summed E-state index contributed by atoms with van der Waals surface area (Å²) in [7, 11) is 0. The predicted molar refractivity (Wildman–Crippen MR) is 84.5 cm³/mol. The molecule has 1 aliphatic rings. The van der Waals surface area contributed by atoms with Crippen LogP contribution in [0.3, 0.4) is 0 Å². The molecule has 114 valence electrons. The second kappa shape index (κ2) is 6.77. The van der Waals surface area contributed by atoms with Crippen LogP contribution in [0.15, 0.2) is 42.6 Å². The van der Waals surface area contributed by atoms with E-state index in [1.165, 1.54) is 6.20 Å². The topological polar surface area (TPSA) is 54.5 Å². The molecule has 6 heteroatoms. The van der Waals surface area contributed by atoms with E-state index >= 15 is 0 Å². The number of pyridine rings is 1. The number of piperazine rings is 1. The van der Waals surface area contributed by atoms with Crippen LogP contribution in [-0.4, -0.2) is 42.0 Å². The summed E-state index contributed by atoms with van der Waals surface area (Å²) in [4.78, 5) is 18.3. The van der Waals surface area contributed by atoms with Gasteiger partial charge in [0.05, 0.1) is 10.6 Å². The van der Waals surface area contributed by atoms with Gasteiger partial charge in [-0.25, -0.2) is 4.98 Å². The predicted octanol–water partition coefficient (Wildman–Crippen LogP) is 2.57. The minimum Gasteiger partial charge on any atom is -0.437 e. The average Bonchev–Trinajstić information content (AvgIpc) is 2.58. The van der Waals surface area contributed by atoms with Crippen molar-refractivity contribution in [2.24, 2.45) is 0 Å². The van der Waals surface area contributed by atoms with Crippen molar-refractivity contribution in [1.82, 2.24) is 15.2 Å². The largest absolute Gasteiger partial charge is 0.437 e. The lowest BCUT2D eigenvalue weighted by atomic mass is 10.2. The maximum Gasteiger partial charge on any atom is 0.255 e. The van der Waals surface area contributed by atoms with Gasteiger partial charge < -0.3 is 15.0 Å². The van der Waals surface area contributed by atoms with Gasteiger partial charge in [-0.1, -0.05) is 23.7 Å². The van der Waals surface area contributed by atoms with E-state index in [-0.39, 0.29) is 5.91 Å². The van der Waals surface area contributed by atoms with Gasteiger partial charge in [0.2, 0.25) is 5.88 Å². The summed E-state index contributed by atoms with van der Waals surface area (Å²) in [6.45, 7) is 3.09. The molecule has 1 amide bonds. The van der Waals surface area contributed by atoms with Gasteiger partial charge in [0.1, 0.15) is 5.75 Å². The van der Waals surface area contributed by atoms with Crippen molar-refractivity contribution >= 4 is 17.5 Å². The molecule has 1 aromatic heterocycles. The van der Waals surface area contributed by atoms with Crippen molar-refractivity contribution < 1.29 is 9.53 Å². The molecule has 0 aliphatic carbocycles. The third-order valence-electron chi connectivity index (χ3n) is 3.44. The van der Waals surface area contributed by atoms with Crippen LogP contribution in [0.5, 0.6) is 11.6 Å². The fraction of sp³-hybridized carbons (Fsp3) is 0.250. The number of halogens is 1. The highest BCUT2D eigenvalue weighted by atomic mass is 35.5. The number of rotatable bonds is 3. The Morgan fingerprint density at radius 1 is 1.18 bits per heavy atom. The van der Waals surface area contributed by atoms with Crippen molar-refractivity contribution in [3.05, 3.63) is 53.2 Å². The zero-order chi connectivity index (χ0) is 15.4. The van der Waals surface area contributed by atoms with Crippen molar-refractivity contribution in [3.8, 4) is 11.6 Å². The first kappa shape index (κ1) is 14.8. The molecule has 0 atom stereocenters. The molecule has 1 aromatic carbocycles. The lowest BCUT2D eigenvalue weighted by molar-refractivity contribution is 0.0735. The quantitative estimate of drug-likeness (QED) is 0.945. The fourth-order valence-electron chi connectivity index (χ4n) is 2.26. The van der Waals surface area contributed by atoms with Gasteiger partial charge >= 0.3 is 0 Å². The molecule has 0 spiro atoms. The Morgan fingerprint density at radius 3 is 2.64 bits per heavy atom. The number of carbonyl (C=O) groups excluding carboxylic acids is 1. The van der Waals surface area contributed by atoms with Gasteiger partial charge in [0, 0.05) is 38.4 Å². The standard InChI is InChI=1S/C16H16ClN3O2/c17-13-3-1-2-4-14(13)22-15-6-5-12(11-19-15)16(21)20-9-7-18-8-10-20/h1-6,11,18H,7-10H2. The first-order chi connectivity index (χ1) is 10.7. The first-order valence-electron chi connectivity index (χ1n) is 7.12. The van der Waals surface area contributed by atoms with Crippen LogP contribution in [0, 0.1) is 0 Å². The molecule has 0 saturated carbocycles. The molecular formula is C16H16ClN3O2.